The molecule has 1 aromatic rings. The lowest BCUT2D eigenvalue weighted by Gasteiger charge is -2.26. The molecule has 1 unspecified atom stereocenters. The molecule has 0 saturated carbocycles. The zero-order chi connectivity index (χ0) is 19.6. The van der Waals surface area contributed by atoms with Crippen LogP contribution in [0.2, 0.25) is 0 Å². The molecule has 6 nitrogen and oxygen atoms in total. The van der Waals surface area contributed by atoms with E-state index in [4.69, 9.17) is 0 Å². The Morgan fingerprint density at radius 2 is 1.79 bits per heavy atom. The van der Waals surface area contributed by atoms with Crippen LogP contribution in [0.25, 0.3) is 0 Å². The Bertz CT molecular complexity index is 784. The van der Waals surface area contributed by atoms with Crippen LogP contribution >= 0.6 is 0 Å². The molecular formula is C21H31N3O3S. The fourth-order valence-electron chi connectivity index (χ4n) is 4.93. The van der Waals surface area contributed by atoms with Crippen molar-refractivity contribution >= 4 is 15.9 Å². The number of nitrogens with one attached hydrogen (secondary N) is 1. The van der Waals surface area contributed by atoms with Gasteiger partial charge in [-0.3, -0.25) is 4.90 Å². The number of hydrogen-bond donors (Lipinski definition) is 1. The highest BCUT2D eigenvalue weighted by Gasteiger charge is 2.44. The molecule has 154 valence electrons. The maximum absolute atomic E-state index is 12.6. The van der Waals surface area contributed by atoms with Crippen molar-refractivity contribution in [2.24, 2.45) is 11.3 Å². The van der Waals surface area contributed by atoms with Gasteiger partial charge in [-0.05, 0) is 43.7 Å². The third-order valence-electron chi connectivity index (χ3n) is 6.71. The predicted octanol–water partition coefficient (Wildman–Crippen LogP) is 2.12. The van der Waals surface area contributed by atoms with Gasteiger partial charge in [-0.2, -0.15) is 0 Å². The van der Waals surface area contributed by atoms with Crippen molar-refractivity contribution in [2.45, 2.75) is 32.2 Å². The zero-order valence-corrected chi connectivity index (χ0v) is 17.3. The highest BCUT2D eigenvalue weighted by atomic mass is 32.2. The molecule has 3 fully saturated rings. The van der Waals surface area contributed by atoms with Crippen LogP contribution in [-0.2, 0) is 16.4 Å². The fourth-order valence-corrected chi connectivity index (χ4v) is 6.52. The third kappa shape index (κ3) is 4.69. The number of likely N-dealkylation sites (tertiary alicyclic amines) is 2. The zero-order valence-electron chi connectivity index (χ0n) is 16.5. The molecule has 4 rings (SSSR count). The Hall–Kier alpha value is -1.60. The summed E-state index contributed by atoms with van der Waals surface area (Å²) in [6.07, 6.45) is 3.57. The minimum absolute atomic E-state index is 0.0202. The van der Waals surface area contributed by atoms with Crippen molar-refractivity contribution in [1.82, 2.24) is 15.1 Å². The number of urea groups is 1. The average molecular weight is 406 g/mol. The van der Waals surface area contributed by atoms with Crippen LogP contribution in [0, 0.1) is 11.3 Å². The van der Waals surface area contributed by atoms with Crippen LogP contribution < -0.4 is 5.32 Å². The van der Waals surface area contributed by atoms with Crippen molar-refractivity contribution in [3.8, 4) is 0 Å². The molecule has 7 heteroatoms. The van der Waals surface area contributed by atoms with Gasteiger partial charge in [0.15, 0.2) is 0 Å². The van der Waals surface area contributed by atoms with Crippen molar-refractivity contribution in [3.05, 3.63) is 35.9 Å². The summed E-state index contributed by atoms with van der Waals surface area (Å²) in [5.74, 6) is 0.812. The summed E-state index contributed by atoms with van der Waals surface area (Å²) < 4.78 is 23.1. The van der Waals surface area contributed by atoms with Crippen LogP contribution in [0.3, 0.4) is 0 Å². The lowest BCUT2D eigenvalue weighted by atomic mass is 9.86. The first-order valence-electron chi connectivity index (χ1n) is 10.4. The van der Waals surface area contributed by atoms with E-state index in [2.05, 4.69) is 40.5 Å². The molecule has 2 amide bonds. The van der Waals surface area contributed by atoms with Crippen LogP contribution in [0.4, 0.5) is 4.79 Å². The lowest BCUT2D eigenvalue weighted by molar-refractivity contribution is 0.195. The Balaban J connectivity index is 1.23. The largest absolute Gasteiger partial charge is 0.338 e. The minimum atomic E-state index is -2.84. The highest BCUT2D eigenvalue weighted by Crippen LogP contribution is 2.40. The van der Waals surface area contributed by atoms with Gasteiger partial charge in [-0.25, -0.2) is 13.2 Å². The number of benzene rings is 1. The second-order valence-electron chi connectivity index (χ2n) is 8.90. The third-order valence-corrected chi connectivity index (χ3v) is 8.42. The number of amides is 2. The molecule has 1 N–H and O–H groups in total. The molecule has 3 aliphatic rings. The SMILES string of the molecule is O=C(NCC1CCS(=O)(=O)CC1)N1CCC2(CCN(Cc3ccccc3)C2)C1. The van der Waals surface area contributed by atoms with Gasteiger partial charge in [0.25, 0.3) is 0 Å². The molecule has 0 aliphatic carbocycles. The van der Waals surface area contributed by atoms with Gasteiger partial charge in [0, 0.05) is 38.1 Å². The maximum Gasteiger partial charge on any atom is 0.317 e. The molecule has 1 aromatic carbocycles. The molecular weight excluding hydrogens is 374 g/mol. The normalized spacial score (nSPS) is 28.1. The van der Waals surface area contributed by atoms with Crippen molar-refractivity contribution in [1.29, 1.82) is 0 Å². The first kappa shape index (κ1) is 19.7. The number of carbonyl (C=O) groups excluding carboxylic acids is 1. The van der Waals surface area contributed by atoms with Crippen molar-refractivity contribution in [3.63, 3.8) is 0 Å². The Kier molecular flexibility index (Phi) is 5.65. The second-order valence-corrected chi connectivity index (χ2v) is 11.2. The monoisotopic (exact) mass is 405 g/mol. The summed E-state index contributed by atoms with van der Waals surface area (Å²) >= 11 is 0. The van der Waals surface area contributed by atoms with E-state index in [9.17, 15) is 13.2 Å². The van der Waals surface area contributed by atoms with Crippen molar-refractivity contribution < 1.29 is 13.2 Å². The summed E-state index contributed by atoms with van der Waals surface area (Å²) in [5, 5.41) is 3.06. The van der Waals surface area contributed by atoms with Gasteiger partial charge in [0.2, 0.25) is 0 Å². The lowest BCUT2D eigenvalue weighted by Crippen LogP contribution is -2.43. The maximum atomic E-state index is 12.6. The van der Waals surface area contributed by atoms with Gasteiger partial charge in [0.05, 0.1) is 11.5 Å². The van der Waals surface area contributed by atoms with E-state index in [0.717, 1.165) is 45.6 Å². The fraction of sp³-hybridized carbons (Fsp3) is 0.667. The quantitative estimate of drug-likeness (QED) is 0.833. The van der Waals surface area contributed by atoms with Crippen LogP contribution in [0.5, 0.6) is 0 Å². The van der Waals surface area contributed by atoms with Crippen LogP contribution in [-0.4, -0.2) is 68.5 Å². The molecule has 0 bridgehead atoms. The van der Waals surface area contributed by atoms with Gasteiger partial charge >= 0.3 is 6.03 Å². The number of rotatable bonds is 4. The van der Waals surface area contributed by atoms with Gasteiger partial charge in [-0.1, -0.05) is 30.3 Å². The van der Waals surface area contributed by atoms with Crippen molar-refractivity contribution in [2.75, 3.05) is 44.2 Å². The number of nitrogens with zero attached hydrogens (tertiary/aromatic N) is 2. The molecule has 0 aromatic heterocycles. The Morgan fingerprint density at radius 1 is 1.07 bits per heavy atom. The summed E-state index contributed by atoms with van der Waals surface area (Å²) in [4.78, 5) is 17.1. The first-order valence-corrected chi connectivity index (χ1v) is 12.2. The second kappa shape index (κ2) is 8.03. The smallest absolute Gasteiger partial charge is 0.317 e. The first-order chi connectivity index (χ1) is 13.4. The summed E-state index contributed by atoms with van der Waals surface area (Å²) in [6.45, 7) is 5.40. The van der Waals surface area contributed by atoms with Gasteiger partial charge in [-0.15, -0.1) is 0 Å². The van der Waals surface area contributed by atoms with E-state index in [0.29, 0.717) is 19.4 Å². The van der Waals surface area contributed by atoms with E-state index >= 15 is 0 Å². The Morgan fingerprint density at radius 3 is 2.54 bits per heavy atom. The van der Waals surface area contributed by atoms with E-state index < -0.39 is 9.84 Å². The number of hydrogen-bond acceptors (Lipinski definition) is 4. The Labute approximate surface area is 168 Å². The van der Waals surface area contributed by atoms with Gasteiger partial charge in [0.1, 0.15) is 9.84 Å². The number of sulfone groups is 1. The summed E-state index contributed by atoms with van der Waals surface area (Å²) in [5.41, 5.74) is 1.59. The topological polar surface area (TPSA) is 69.7 Å². The summed E-state index contributed by atoms with van der Waals surface area (Å²) in [6, 6.07) is 10.6. The number of carbonyl (C=O) groups is 1. The standard InChI is InChI=1S/C21H31N3O3S/c25-20(22-14-18-6-12-28(26,27)13-7-18)24-11-9-21(17-24)8-10-23(16-21)15-19-4-2-1-3-5-19/h1-5,18H,6-17H2,(H,22,25). The van der Waals surface area contributed by atoms with Crippen LogP contribution in [0.15, 0.2) is 30.3 Å². The van der Waals surface area contributed by atoms with E-state index in [1.165, 1.54) is 5.56 Å². The van der Waals surface area contributed by atoms with E-state index in [1.807, 2.05) is 4.90 Å². The van der Waals surface area contributed by atoms with Crippen LogP contribution in [0.1, 0.15) is 31.2 Å². The summed E-state index contributed by atoms with van der Waals surface area (Å²) in [7, 11) is -2.84. The molecule has 0 radical (unpaired) electrons. The average Bonchev–Trinajstić information content (AvgIpc) is 3.28. The molecule has 28 heavy (non-hydrogen) atoms. The highest BCUT2D eigenvalue weighted by molar-refractivity contribution is 7.91. The molecule has 3 saturated heterocycles. The van der Waals surface area contributed by atoms with E-state index in [1.54, 1.807) is 0 Å². The molecule has 1 spiro atoms. The molecule has 3 aliphatic heterocycles. The molecule has 3 heterocycles. The van der Waals surface area contributed by atoms with E-state index in [-0.39, 0.29) is 28.9 Å². The predicted molar refractivity (Wildman–Crippen MR) is 110 cm³/mol. The molecule has 1 atom stereocenters. The minimum Gasteiger partial charge on any atom is -0.338 e. The van der Waals surface area contributed by atoms with Gasteiger partial charge < -0.3 is 10.2 Å².